The monoisotopic (exact) mass is 240 g/mol. The minimum atomic E-state index is -0.480. The zero-order valence-electron chi connectivity index (χ0n) is 10.5. The molecule has 0 aromatic rings. The highest BCUT2D eigenvalue weighted by Crippen LogP contribution is 2.19. The van der Waals surface area contributed by atoms with Crippen LogP contribution in [0.25, 0.3) is 0 Å². The summed E-state index contributed by atoms with van der Waals surface area (Å²) in [4.78, 5) is 34.8. The van der Waals surface area contributed by atoms with Crippen molar-refractivity contribution in [3.05, 3.63) is 11.8 Å². The van der Waals surface area contributed by atoms with Crippen molar-refractivity contribution in [2.45, 2.75) is 26.2 Å². The lowest BCUT2D eigenvalue weighted by atomic mass is 10.1. The van der Waals surface area contributed by atoms with E-state index in [0.29, 0.717) is 12.1 Å². The molecule has 0 aromatic heterocycles. The first kappa shape index (κ1) is 13.6. The Morgan fingerprint density at radius 2 is 2.06 bits per heavy atom. The van der Waals surface area contributed by atoms with Crippen molar-refractivity contribution in [2.24, 2.45) is 0 Å². The fraction of sp³-hybridized carbons (Fsp3) is 0.583. The van der Waals surface area contributed by atoms with Gasteiger partial charge in [-0.25, -0.2) is 14.1 Å². The third-order valence-corrected chi connectivity index (χ3v) is 2.80. The van der Waals surface area contributed by atoms with Crippen molar-refractivity contribution in [2.75, 3.05) is 20.7 Å². The fourth-order valence-corrected chi connectivity index (χ4v) is 1.68. The molecule has 0 bridgehead atoms. The topological polar surface area (TPSA) is 60.4 Å². The molecular formula is C12H18NO4+. The first-order valence-electron chi connectivity index (χ1n) is 5.66. The summed E-state index contributed by atoms with van der Waals surface area (Å²) >= 11 is 0. The number of cyclic esters (lactones) is 1. The molecule has 17 heavy (non-hydrogen) atoms. The smallest absolute Gasteiger partial charge is 0.393 e. The molecule has 1 aliphatic rings. The molecule has 0 aliphatic carbocycles. The minimum Gasteiger partial charge on any atom is -0.454 e. The van der Waals surface area contributed by atoms with Crippen molar-refractivity contribution in [1.82, 2.24) is 0 Å². The highest BCUT2D eigenvalue weighted by molar-refractivity contribution is 5.98. The molecule has 0 spiro atoms. The molecule has 0 atom stereocenters. The molecule has 1 amide bonds. The zero-order valence-corrected chi connectivity index (χ0v) is 10.5. The van der Waals surface area contributed by atoms with Gasteiger partial charge in [0.25, 0.3) is 0 Å². The van der Waals surface area contributed by atoms with E-state index in [1.54, 1.807) is 20.2 Å². The van der Waals surface area contributed by atoms with Crippen molar-refractivity contribution >= 4 is 17.7 Å². The van der Waals surface area contributed by atoms with Crippen LogP contribution in [0.1, 0.15) is 26.2 Å². The summed E-state index contributed by atoms with van der Waals surface area (Å²) < 4.78 is 4.54. The lowest BCUT2D eigenvalue weighted by Crippen LogP contribution is -2.47. The van der Waals surface area contributed by atoms with Gasteiger partial charge in [0.1, 0.15) is 18.8 Å². The predicted octanol–water partition coefficient (Wildman–Crippen LogP) is 0.789. The number of carbonyl (C=O) groups is 3. The SMILES string of the molecule is CCCC(=O)CC(=O)[N+](C)(C)C1=CCOC1=O. The van der Waals surface area contributed by atoms with Crippen LogP contribution in [-0.2, 0) is 19.1 Å². The molecule has 0 N–H and O–H groups in total. The Morgan fingerprint density at radius 3 is 2.53 bits per heavy atom. The van der Waals surface area contributed by atoms with E-state index in [1.807, 2.05) is 6.92 Å². The predicted molar refractivity (Wildman–Crippen MR) is 60.7 cm³/mol. The number of likely N-dealkylation sites (N-methyl/N-ethyl adjacent to an activating group) is 1. The molecule has 0 unspecified atom stereocenters. The second-order valence-corrected chi connectivity index (χ2v) is 4.50. The van der Waals surface area contributed by atoms with E-state index in [9.17, 15) is 14.4 Å². The summed E-state index contributed by atoms with van der Waals surface area (Å²) in [6.45, 7) is 2.09. The number of ketones is 1. The number of hydrogen-bond donors (Lipinski definition) is 0. The Kier molecular flexibility index (Phi) is 4.17. The number of hydrogen-bond acceptors (Lipinski definition) is 4. The first-order chi connectivity index (χ1) is 7.89. The lowest BCUT2D eigenvalue weighted by Gasteiger charge is -2.25. The molecule has 0 aromatic carbocycles. The summed E-state index contributed by atoms with van der Waals surface area (Å²) in [6.07, 6.45) is 2.58. The summed E-state index contributed by atoms with van der Waals surface area (Å²) in [6, 6.07) is 0. The Morgan fingerprint density at radius 1 is 1.41 bits per heavy atom. The molecule has 1 heterocycles. The molecule has 5 heteroatoms. The second kappa shape index (κ2) is 5.23. The zero-order chi connectivity index (χ0) is 13.1. The van der Waals surface area contributed by atoms with Gasteiger partial charge in [0, 0.05) is 12.5 Å². The van der Waals surface area contributed by atoms with Gasteiger partial charge in [-0.1, -0.05) is 6.92 Å². The number of amides is 1. The molecular weight excluding hydrogens is 222 g/mol. The molecule has 0 radical (unpaired) electrons. The molecule has 1 aliphatic heterocycles. The van der Waals surface area contributed by atoms with E-state index in [-0.39, 0.29) is 29.2 Å². The van der Waals surface area contributed by atoms with E-state index in [2.05, 4.69) is 0 Å². The van der Waals surface area contributed by atoms with Crippen LogP contribution in [0.4, 0.5) is 0 Å². The number of ether oxygens (including phenoxy) is 1. The van der Waals surface area contributed by atoms with Crippen LogP contribution in [0.5, 0.6) is 0 Å². The minimum absolute atomic E-state index is 0.0873. The summed E-state index contributed by atoms with van der Waals surface area (Å²) in [5.41, 5.74) is 0.305. The van der Waals surface area contributed by atoms with E-state index in [0.717, 1.165) is 6.42 Å². The third-order valence-electron chi connectivity index (χ3n) is 2.80. The average Bonchev–Trinajstić information content (AvgIpc) is 2.65. The van der Waals surface area contributed by atoms with E-state index in [1.165, 1.54) is 0 Å². The van der Waals surface area contributed by atoms with E-state index < -0.39 is 5.97 Å². The van der Waals surface area contributed by atoms with Gasteiger partial charge in [-0.05, 0) is 6.42 Å². The number of quaternary nitrogens is 1. The van der Waals surface area contributed by atoms with Crippen LogP contribution in [0.2, 0.25) is 0 Å². The van der Waals surface area contributed by atoms with Crippen molar-refractivity contribution in [3.63, 3.8) is 0 Å². The first-order valence-corrected chi connectivity index (χ1v) is 5.66. The third kappa shape index (κ3) is 3.00. The maximum absolute atomic E-state index is 12.0. The highest BCUT2D eigenvalue weighted by Gasteiger charge is 2.40. The number of nitrogens with zero attached hydrogens (tertiary/aromatic N) is 1. The summed E-state index contributed by atoms with van der Waals surface area (Å²) in [5.74, 6) is -0.851. The number of esters is 1. The van der Waals surface area contributed by atoms with Gasteiger partial charge in [0.15, 0.2) is 0 Å². The van der Waals surface area contributed by atoms with Crippen LogP contribution in [0, 0.1) is 0 Å². The van der Waals surface area contributed by atoms with Crippen LogP contribution in [0.3, 0.4) is 0 Å². The molecule has 1 rings (SSSR count). The molecule has 0 saturated heterocycles. The summed E-state index contributed by atoms with van der Waals surface area (Å²) in [7, 11) is 3.19. The standard InChI is InChI=1S/C12H18NO4/c1-4-5-9(14)8-11(15)13(2,3)10-6-7-17-12(10)16/h6H,4-5,7-8H2,1-3H3/q+1. The van der Waals surface area contributed by atoms with Crippen LogP contribution < -0.4 is 0 Å². The summed E-state index contributed by atoms with van der Waals surface area (Å²) in [5, 5.41) is 0. The van der Waals surface area contributed by atoms with Crippen molar-refractivity contribution < 1.29 is 23.6 Å². The Labute approximate surface area is 101 Å². The van der Waals surface area contributed by atoms with Gasteiger partial charge in [-0.2, -0.15) is 0 Å². The molecule has 0 fully saturated rings. The lowest BCUT2D eigenvalue weighted by molar-refractivity contribution is -0.768. The molecule has 5 nitrogen and oxygen atoms in total. The van der Waals surface area contributed by atoms with Gasteiger partial charge >= 0.3 is 11.9 Å². The van der Waals surface area contributed by atoms with Crippen LogP contribution >= 0.6 is 0 Å². The normalized spacial score (nSPS) is 15.5. The Bertz CT molecular complexity index is 382. The van der Waals surface area contributed by atoms with Gasteiger partial charge in [-0.3, -0.25) is 4.79 Å². The van der Waals surface area contributed by atoms with Gasteiger partial charge < -0.3 is 4.74 Å². The van der Waals surface area contributed by atoms with Crippen LogP contribution in [-0.4, -0.2) is 42.8 Å². The van der Waals surface area contributed by atoms with Gasteiger partial charge in [0.05, 0.1) is 14.1 Å². The second-order valence-electron chi connectivity index (χ2n) is 4.50. The maximum Gasteiger partial charge on any atom is 0.393 e. The van der Waals surface area contributed by atoms with Gasteiger partial charge in [0.2, 0.25) is 5.70 Å². The number of Topliss-reactive ketones (excluding diaryl/α,β-unsaturated/α-hetero) is 1. The van der Waals surface area contributed by atoms with E-state index in [4.69, 9.17) is 4.74 Å². The highest BCUT2D eigenvalue weighted by atomic mass is 16.5. The van der Waals surface area contributed by atoms with E-state index >= 15 is 0 Å². The van der Waals surface area contributed by atoms with Gasteiger partial charge in [-0.15, -0.1) is 0 Å². The van der Waals surface area contributed by atoms with Crippen molar-refractivity contribution in [3.8, 4) is 0 Å². The average molecular weight is 240 g/mol. The quantitative estimate of drug-likeness (QED) is 0.405. The largest absolute Gasteiger partial charge is 0.454 e. The van der Waals surface area contributed by atoms with Crippen LogP contribution in [0.15, 0.2) is 11.8 Å². The Balaban J connectivity index is 2.73. The maximum atomic E-state index is 12.0. The molecule has 94 valence electrons. The van der Waals surface area contributed by atoms with Crippen molar-refractivity contribution in [1.29, 1.82) is 0 Å². The fourth-order valence-electron chi connectivity index (χ4n) is 1.68. The molecule has 0 saturated carbocycles. The number of rotatable bonds is 5. The Hall–Kier alpha value is -1.49. The number of carbonyl (C=O) groups excluding carboxylic acids is 3.